The highest BCUT2D eigenvalue weighted by molar-refractivity contribution is 5.95. The van der Waals surface area contributed by atoms with Crippen molar-refractivity contribution in [1.29, 1.82) is 0 Å². The highest BCUT2D eigenvalue weighted by Gasteiger charge is 2.07. The van der Waals surface area contributed by atoms with Crippen LogP contribution in [0, 0.1) is 13.8 Å². The van der Waals surface area contributed by atoms with Gasteiger partial charge in [-0.15, -0.1) is 0 Å². The standard InChI is InChI=1S/C19H23N3O2/c1-4-17(23)21-16-10-6-9-15(11-16)20-12-18(24)22-19-13(2)7-5-8-14(19)3/h5-11,20H,4,12H2,1-3H3,(H,21,23)(H,22,24). The molecule has 3 N–H and O–H groups in total. The zero-order valence-electron chi connectivity index (χ0n) is 14.3. The Morgan fingerprint density at radius 1 is 0.875 bits per heavy atom. The summed E-state index contributed by atoms with van der Waals surface area (Å²) in [6.45, 7) is 5.89. The Morgan fingerprint density at radius 2 is 1.50 bits per heavy atom. The molecule has 0 aromatic heterocycles. The van der Waals surface area contributed by atoms with Crippen LogP contribution in [0.5, 0.6) is 0 Å². The summed E-state index contributed by atoms with van der Waals surface area (Å²) < 4.78 is 0. The van der Waals surface area contributed by atoms with Crippen molar-refractivity contribution in [3.63, 3.8) is 0 Å². The van der Waals surface area contributed by atoms with Gasteiger partial charge in [-0.3, -0.25) is 9.59 Å². The molecule has 0 spiro atoms. The first-order valence-electron chi connectivity index (χ1n) is 7.99. The largest absolute Gasteiger partial charge is 0.376 e. The average Bonchev–Trinajstić information content (AvgIpc) is 2.56. The fourth-order valence-electron chi connectivity index (χ4n) is 2.33. The van der Waals surface area contributed by atoms with Gasteiger partial charge in [0.2, 0.25) is 11.8 Å². The van der Waals surface area contributed by atoms with Crippen LogP contribution in [0.15, 0.2) is 42.5 Å². The van der Waals surface area contributed by atoms with E-state index in [0.717, 1.165) is 22.5 Å². The maximum absolute atomic E-state index is 12.2. The molecule has 2 aromatic rings. The Hall–Kier alpha value is -2.82. The van der Waals surface area contributed by atoms with Gasteiger partial charge in [0.15, 0.2) is 0 Å². The number of carbonyl (C=O) groups is 2. The minimum atomic E-state index is -0.115. The van der Waals surface area contributed by atoms with Gasteiger partial charge in [-0.1, -0.05) is 31.2 Å². The van der Waals surface area contributed by atoms with Crippen molar-refractivity contribution in [2.45, 2.75) is 27.2 Å². The first-order chi connectivity index (χ1) is 11.5. The zero-order chi connectivity index (χ0) is 17.5. The lowest BCUT2D eigenvalue weighted by molar-refractivity contribution is -0.116. The minimum Gasteiger partial charge on any atom is -0.376 e. The molecule has 0 saturated carbocycles. The van der Waals surface area contributed by atoms with E-state index in [9.17, 15) is 9.59 Å². The van der Waals surface area contributed by atoms with Crippen LogP contribution in [0.3, 0.4) is 0 Å². The summed E-state index contributed by atoms with van der Waals surface area (Å²) in [5.41, 5.74) is 4.41. The normalized spacial score (nSPS) is 10.1. The number of anilines is 3. The van der Waals surface area contributed by atoms with Crippen molar-refractivity contribution in [1.82, 2.24) is 0 Å². The molecule has 0 bridgehead atoms. The van der Waals surface area contributed by atoms with Gasteiger partial charge in [0.1, 0.15) is 0 Å². The molecule has 0 aliphatic heterocycles. The van der Waals surface area contributed by atoms with E-state index in [0.29, 0.717) is 12.1 Å². The van der Waals surface area contributed by atoms with Crippen molar-refractivity contribution in [3.05, 3.63) is 53.6 Å². The lowest BCUT2D eigenvalue weighted by atomic mass is 10.1. The minimum absolute atomic E-state index is 0.0417. The van der Waals surface area contributed by atoms with Crippen LogP contribution >= 0.6 is 0 Å². The van der Waals surface area contributed by atoms with Gasteiger partial charge >= 0.3 is 0 Å². The van der Waals surface area contributed by atoms with E-state index in [-0.39, 0.29) is 18.4 Å². The predicted molar refractivity (Wildman–Crippen MR) is 98.4 cm³/mol. The molecule has 5 heteroatoms. The van der Waals surface area contributed by atoms with Gasteiger partial charge in [-0.2, -0.15) is 0 Å². The highest BCUT2D eigenvalue weighted by atomic mass is 16.2. The molecule has 5 nitrogen and oxygen atoms in total. The topological polar surface area (TPSA) is 70.2 Å². The van der Waals surface area contributed by atoms with Crippen molar-refractivity contribution < 1.29 is 9.59 Å². The molecule has 0 heterocycles. The summed E-state index contributed by atoms with van der Waals surface area (Å²) in [4.78, 5) is 23.6. The molecule has 0 aliphatic rings. The molecular formula is C19H23N3O2. The monoisotopic (exact) mass is 325 g/mol. The Labute approximate surface area is 142 Å². The van der Waals surface area contributed by atoms with Gasteiger partial charge < -0.3 is 16.0 Å². The van der Waals surface area contributed by atoms with E-state index in [1.807, 2.05) is 50.2 Å². The van der Waals surface area contributed by atoms with Crippen molar-refractivity contribution in [3.8, 4) is 0 Å². The third kappa shape index (κ3) is 4.84. The number of benzene rings is 2. The molecule has 0 radical (unpaired) electrons. The first-order valence-corrected chi connectivity index (χ1v) is 7.99. The third-order valence-electron chi connectivity index (χ3n) is 3.67. The number of rotatable bonds is 6. The Morgan fingerprint density at radius 3 is 2.17 bits per heavy atom. The molecule has 24 heavy (non-hydrogen) atoms. The van der Waals surface area contributed by atoms with Crippen LogP contribution in [-0.2, 0) is 9.59 Å². The molecular weight excluding hydrogens is 302 g/mol. The second-order valence-corrected chi connectivity index (χ2v) is 5.65. The van der Waals surface area contributed by atoms with Gasteiger partial charge in [0, 0.05) is 23.5 Å². The summed E-state index contributed by atoms with van der Waals surface area (Å²) in [5, 5.41) is 8.80. The lowest BCUT2D eigenvalue weighted by Gasteiger charge is -2.13. The molecule has 0 saturated heterocycles. The highest BCUT2D eigenvalue weighted by Crippen LogP contribution is 2.19. The van der Waals surface area contributed by atoms with E-state index in [4.69, 9.17) is 0 Å². The smallest absolute Gasteiger partial charge is 0.243 e. The molecule has 0 aliphatic carbocycles. The Bertz CT molecular complexity index is 721. The number of carbonyl (C=O) groups excluding carboxylic acids is 2. The summed E-state index contributed by atoms with van der Waals surface area (Å²) in [5.74, 6) is -0.157. The fourth-order valence-corrected chi connectivity index (χ4v) is 2.33. The van der Waals surface area contributed by atoms with E-state index in [2.05, 4.69) is 16.0 Å². The van der Waals surface area contributed by atoms with Crippen LogP contribution in [-0.4, -0.2) is 18.4 Å². The summed E-state index contributed by atoms with van der Waals surface area (Å²) in [6.07, 6.45) is 0.426. The molecule has 0 atom stereocenters. The number of para-hydroxylation sites is 1. The van der Waals surface area contributed by atoms with Crippen molar-refractivity contribution in [2.75, 3.05) is 22.5 Å². The lowest BCUT2D eigenvalue weighted by Crippen LogP contribution is -2.22. The fraction of sp³-hybridized carbons (Fsp3) is 0.263. The quantitative estimate of drug-likeness (QED) is 0.758. The second kappa shape index (κ2) is 8.15. The number of amides is 2. The van der Waals surface area contributed by atoms with E-state index >= 15 is 0 Å². The average molecular weight is 325 g/mol. The molecule has 126 valence electrons. The maximum atomic E-state index is 12.2. The van der Waals surface area contributed by atoms with Crippen molar-refractivity contribution >= 4 is 28.9 Å². The third-order valence-corrected chi connectivity index (χ3v) is 3.67. The first kappa shape index (κ1) is 17.5. The zero-order valence-corrected chi connectivity index (χ0v) is 14.3. The summed E-state index contributed by atoms with van der Waals surface area (Å²) >= 11 is 0. The molecule has 0 unspecified atom stereocenters. The van der Waals surface area contributed by atoms with Crippen molar-refractivity contribution in [2.24, 2.45) is 0 Å². The Kier molecular flexibility index (Phi) is 5.95. The van der Waals surface area contributed by atoms with E-state index in [1.54, 1.807) is 13.0 Å². The molecule has 2 rings (SSSR count). The number of hydrogen-bond acceptors (Lipinski definition) is 3. The van der Waals surface area contributed by atoms with Gasteiger partial charge in [-0.05, 0) is 43.2 Å². The Balaban J connectivity index is 1.94. The van der Waals surface area contributed by atoms with E-state index < -0.39 is 0 Å². The summed E-state index contributed by atoms with van der Waals surface area (Å²) in [6, 6.07) is 13.2. The van der Waals surface area contributed by atoms with Crippen LogP contribution in [0.25, 0.3) is 0 Å². The number of aryl methyl sites for hydroxylation is 2. The molecule has 2 amide bonds. The predicted octanol–water partition coefficient (Wildman–Crippen LogP) is 3.70. The maximum Gasteiger partial charge on any atom is 0.243 e. The second-order valence-electron chi connectivity index (χ2n) is 5.65. The van der Waals surface area contributed by atoms with Crippen LogP contribution in [0.1, 0.15) is 24.5 Å². The summed E-state index contributed by atoms with van der Waals surface area (Å²) in [7, 11) is 0. The molecule has 2 aromatic carbocycles. The van der Waals surface area contributed by atoms with Gasteiger partial charge in [0.25, 0.3) is 0 Å². The van der Waals surface area contributed by atoms with Gasteiger partial charge in [0.05, 0.1) is 6.54 Å². The molecule has 0 fully saturated rings. The number of nitrogens with one attached hydrogen (secondary N) is 3. The van der Waals surface area contributed by atoms with E-state index in [1.165, 1.54) is 0 Å². The number of hydrogen-bond donors (Lipinski definition) is 3. The van der Waals surface area contributed by atoms with Crippen LogP contribution < -0.4 is 16.0 Å². The SMILES string of the molecule is CCC(=O)Nc1cccc(NCC(=O)Nc2c(C)cccc2C)c1. The van der Waals surface area contributed by atoms with Crippen LogP contribution in [0.2, 0.25) is 0 Å². The van der Waals surface area contributed by atoms with Crippen LogP contribution in [0.4, 0.5) is 17.1 Å². The van der Waals surface area contributed by atoms with Gasteiger partial charge in [-0.25, -0.2) is 0 Å².